The predicted molar refractivity (Wildman–Crippen MR) is 114 cm³/mol. The SMILES string of the molecule is Cc1cccc(CC(=O)Nc2cc(-c3cn4ccc(C)cc4n3)ccc2C)c1. The van der Waals surface area contributed by atoms with Crippen LogP contribution >= 0.6 is 0 Å². The Balaban J connectivity index is 1.58. The predicted octanol–water partition coefficient (Wildman–Crippen LogP) is 5.11. The number of amides is 1. The average molecular weight is 369 g/mol. The monoisotopic (exact) mass is 369 g/mol. The number of benzene rings is 2. The second-order valence-electron chi connectivity index (χ2n) is 7.34. The number of anilines is 1. The molecule has 4 heteroatoms. The molecule has 1 amide bonds. The zero-order valence-corrected chi connectivity index (χ0v) is 16.4. The van der Waals surface area contributed by atoms with Crippen molar-refractivity contribution in [3.05, 3.63) is 89.2 Å². The first-order valence-electron chi connectivity index (χ1n) is 9.40. The average Bonchev–Trinajstić information content (AvgIpc) is 3.06. The molecule has 1 N–H and O–H groups in total. The van der Waals surface area contributed by atoms with Crippen molar-refractivity contribution in [1.29, 1.82) is 0 Å². The van der Waals surface area contributed by atoms with Crippen molar-refractivity contribution in [1.82, 2.24) is 9.38 Å². The van der Waals surface area contributed by atoms with E-state index in [4.69, 9.17) is 4.98 Å². The molecule has 0 unspecified atom stereocenters. The standard InChI is InChI=1S/C24H23N3O/c1-16-5-4-6-19(11-16)13-24(28)26-21-14-20(8-7-18(21)3)22-15-27-10-9-17(2)12-23(27)25-22/h4-12,14-15H,13H2,1-3H3,(H,26,28). The zero-order valence-electron chi connectivity index (χ0n) is 16.4. The van der Waals surface area contributed by atoms with E-state index in [1.165, 1.54) is 5.56 Å². The highest BCUT2D eigenvalue weighted by Gasteiger charge is 2.10. The van der Waals surface area contributed by atoms with Crippen molar-refractivity contribution < 1.29 is 4.79 Å². The van der Waals surface area contributed by atoms with Gasteiger partial charge in [0.05, 0.1) is 12.1 Å². The van der Waals surface area contributed by atoms with Crippen LogP contribution in [0.15, 0.2) is 67.0 Å². The third-order valence-electron chi connectivity index (χ3n) is 4.87. The van der Waals surface area contributed by atoms with Gasteiger partial charge in [0, 0.05) is 23.6 Å². The molecule has 0 spiro atoms. The normalized spacial score (nSPS) is 11.0. The molecule has 0 saturated carbocycles. The van der Waals surface area contributed by atoms with Crippen molar-refractivity contribution in [3.8, 4) is 11.3 Å². The van der Waals surface area contributed by atoms with Gasteiger partial charge in [-0.25, -0.2) is 4.98 Å². The summed E-state index contributed by atoms with van der Waals surface area (Å²) in [6, 6.07) is 18.2. The molecule has 140 valence electrons. The fourth-order valence-electron chi connectivity index (χ4n) is 3.34. The number of aryl methyl sites for hydroxylation is 3. The molecular formula is C24H23N3O. The number of pyridine rings is 1. The summed E-state index contributed by atoms with van der Waals surface area (Å²) in [5.74, 6) is -0.0172. The Morgan fingerprint density at radius 3 is 2.64 bits per heavy atom. The van der Waals surface area contributed by atoms with E-state index < -0.39 is 0 Å². The van der Waals surface area contributed by atoms with Crippen LogP contribution in [-0.2, 0) is 11.2 Å². The number of carbonyl (C=O) groups excluding carboxylic acids is 1. The zero-order chi connectivity index (χ0) is 19.7. The van der Waals surface area contributed by atoms with Crippen LogP contribution < -0.4 is 5.32 Å². The molecule has 0 saturated heterocycles. The van der Waals surface area contributed by atoms with Crippen molar-refractivity contribution in [2.24, 2.45) is 0 Å². The number of fused-ring (bicyclic) bond motifs is 1. The molecule has 28 heavy (non-hydrogen) atoms. The smallest absolute Gasteiger partial charge is 0.228 e. The van der Waals surface area contributed by atoms with Crippen LogP contribution in [-0.4, -0.2) is 15.3 Å². The minimum absolute atomic E-state index is 0.0172. The summed E-state index contributed by atoms with van der Waals surface area (Å²) in [6.45, 7) is 6.09. The van der Waals surface area contributed by atoms with E-state index in [9.17, 15) is 4.79 Å². The van der Waals surface area contributed by atoms with Gasteiger partial charge in [0.15, 0.2) is 0 Å². The number of carbonyl (C=O) groups is 1. The van der Waals surface area contributed by atoms with Gasteiger partial charge in [-0.05, 0) is 55.7 Å². The highest BCUT2D eigenvalue weighted by molar-refractivity contribution is 5.93. The van der Waals surface area contributed by atoms with Gasteiger partial charge in [-0.3, -0.25) is 4.79 Å². The number of nitrogens with zero attached hydrogens (tertiary/aromatic N) is 2. The van der Waals surface area contributed by atoms with E-state index in [0.29, 0.717) is 6.42 Å². The minimum atomic E-state index is -0.0172. The van der Waals surface area contributed by atoms with Crippen LogP contribution in [0, 0.1) is 20.8 Å². The highest BCUT2D eigenvalue weighted by atomic mass is 16.1. The first kappa shape index (κ1) is 18.0. The Labute approximate surface area is 164 Å². The molecule has 0 aliphatic carbocycles. The largest absolute Gasteiger partial charge is 0.326 e. The number of rotatable bonds is 4. The van der Waals surface area contributed by atoms with E-state index in [1.807, 2.05) is 73.1 Å². The lowest BCUT2D eigenvalue weighted by atomic mass is 10.1. The van der Waals surface area contributed by atoms with E-state index in [-0.39, 0.29) is 5.91 Å². The van der Waals surface area contributed by atoms with Gasteiger partial charge in [0.25, 0.3) is 0 Å². The number of hydrogen-bond donors (Lipinski definition) is 1. The van der Waals surface area contributed by atoms with Gasteiger partial charge in [-0.15, -0.1) is 0 Å². The van der Waals surface area contributed by atoms with Gasteiger partial charge in [0.1, 0.15) is 5.65 Å². The Morgan fingerprint density at radius 1 is 1.00 bits per heavy atom. The Kier molecular flexibility index (Phi) is 4.70. The molecule has 2 aromatic carbocycles. The van der Waals surface area contributed by atoms with Crippen LogP contribution in [0.4, 0.5) is 5.69 Å². The van der Waals surface area contributed by atoms with Crippen LogP contribution in [0.1, 0.15) is 22.3 Å². The lowest BCUT2D eigenvalue weighted by Gasteiger charge is -2.10. The molecular weight excluding hydrogens is 346 g/mol. The summed E-state index contributed by atoms with van der Waals surface area (Å²) < 4.78 is 2.01. The molecule has 0 fully saturated rings. The molecule has 2 aromatic heterocycles. The van der Waals surface area contributed by atoms with Gasteiger partial charge in [-0.2, -0.15) is 0 Å². The van der Waals surface area contributed by atoms with Crippen LogP contribution in [0.25, 0.3) is 16.9 Å². The Bertz CT molecular complexity index is 1170. The molecule has 4 rings (SSSR count). The van der Waals surface area contributed by atoms with Crippen molar-refractivity contribution >= 4 is 17.2 Å². The molecule has 0 aliphatic heterocycles. The number of hydrogen-bond acceptors (Lipinski definition) is 2. The maximum Gasteiger partial charge on any atom is 0.228 e. The van der Waals surface area contributed by atoms with Gasteiger partial charge in [-0.1, -0.05) is 42.0 Å². The van der Waals surface area contributed by atoms with E-state index in [1.54, 1.807) is 0 Å². The second-order valence-corrected chi connectivity index (χ2v) is 7.34. The number of nitrogens with one attached hydrogen (secondary N) is 1. The van der Waals surface area contributed by atoms with Gasteiger partial charge < -0.3 is 9.72 Å². The molecule has 0 aliphatic rings. The summed E-state index contributed by atoms with van der Waals surface area (Å²) in [5, 5.41) is 3.06. The lowest BCUT2D eigenvalue weighted by molar-refractivity contribution is -0.115. The lowest BCUT2D eigenvalue weighted by Crippen LogP contribution is -2.15. The number of aromatic nitrogens is 2. The van der Waals surface area contributed by atoms with Crippen LogP contribution in [0.5, 0.6) is 0 Å². The maximum atomic E-state index is 12.5. The fraction of sp³-hybridized carbons (Fsp3) is 0.167. The highest BCUT2D eigenvalue weighted by Crippen LogP contribution is 2.25. The molecule has 4 nitrogen and oxygen atoms in total. The first-order valence-corrected chi connectivity index (χ1v) is 9.40. The van der Waals surface area contributed by atoms with E-state index in [0.717, 1.165) is 39.3 Å². The summed E-state index contributed by atoms with van der Waals surface area (Å²) in [5.41, 5.74) is 7.99. The summed E-state index contributed by atoms with van der Waals surface area (Å²) in [4.78, 5) is 17.3. The summed E-state index contributed by atoms with van der Waals surface area (Å²) in [6.07, 6.45) is 4.39. The topological polar surface area (TPSA) is 46.4 Å². The quantitative estimate of drug-likeness (QED) is 0.543. The van der Waals surface area contributed by atoms with Crippen molar-refractivity contribution in [3.63, 3.8) is 0 Å². The summed E-state index contributed by atoms with van der Waals surface area (Å²) in [7, 11) is 0. The number of imidazole rings is 1. The second kappa shape index (κ2) is 7.31. The summed E-state index contributed by atoms with van der Waals surface area (Å²) >= 11 is 0. The molecule has 0 atom stereocenters. The van der Waals surface area contributed by atoms with E-state index in [2.05, 4.69) is 24.4 Å². The van der Waals surface area contributed by atoms with Crippen molar-refractivity contribution in [2.45, 2.75) is 27.2 Å². The van der Waals surface area contributed by atoms with E-state index >= 15 is 0 Å². The molecule has 0 bridgehead atoms. The third kappa shape index (κ3) is 3.81. The fourth-order valence-corrected chi connectivity index (χ4v) is 3.34. The molecule has 0 radical (unpaired) electrons. The third-order valence-corrected chi connectivity index (χ3v) is 4.87. The van der Waals surface area contributed by atoms with Crippen LogP contribution in [0.3, 0.4) is 0 Å². The Hall–Kier alpha value is -3.40. The molecule has 2 heterocycles. The van der Waals surface area contributed by atoms with Gasteiger partial charge >= 0.3 is 0 Å². The van der Waals surface area contributed by atoms with Crippen molar-refractivity contribution in [2.75, 3.05) is 5.32 Å². The van der Waals surface area contributed by atoms with Gasteiger partial charge in [0.2, 0.25) is 5.91 Å². The minimum Gasteiger partial charge on any atom is -0.326 e. The Morgan fingerprint density at radius 2 is 1.82 bits per heavy atom. The molecule has 4 aromatic rings. The van der Waals surface area contributed by atoms with Crippen LogP contribution in [0.2, 0.25) is 0 Å². The first-order chi connectivity index (χ1) is 13.5. The maximum absolute atomic E-state index is 12.5.